The molecule has 0 amide bonds. The molecule has 0 spiro atoms. The van der Waals surface area contributed by atoms with Gasteiger partial charge in [0.1, 0.15) is 12.4 Å². The first kappa shape index (κ1) is 12.7. The Morgan fingerprint density at radius 1 is 1.12 bits per heavy atom. The van der Waals surface area contributed by atoms with Crippen molar-refractivity contribution in [3.63, 3.8) is 0 Å². The third-order valence-electron chi connectivity index (χ3n) is 1.63. The lowest BCUT2D eigenvalue weighted by Gasteiger charge is -2.01. The fraction of sp³-hybridized carbons (Fsp3) is 0.273. The van der Waals surface area contributed by atoms with Crippen LogP contribution in [0.5, 0.6) is 5.75 Å². The van der Waals surface area contributed by atoms with Crippen molar-refractivity contribution in [2.45, 2.75) is 0 Å². The molecule has 0 saturated carbocycles. The van der Waals surface area contributed by atoms with E-state index in [9.17, 15) is 8.42 Å². The summed E-state index contributed by atoms with van der Waals surface area (Å²) in [5.41, 5.74) is 0. The van der Waals surface area contributed by atoms with Crippen molar-refractivity contribution < 1.29 is 17.3 Å². The van der Waals surface area contributed by atoms with E-state index >= 15 is 0 Å². The molecule has 0 aliphatic rings. The van der Waals surface area contributed by atoms with Gasteiger partial charge in [0, 0.05) is 0 Å². The van der Waals surface area contributed by atoms with Crippen LogP contribution in [-0.2, 0) is 14.3 Å². The molecule has 0 radical (unpaired) electrons. The number of ether oxygens (including phenoxy) is 1. The van der Waals surface area contributed by atoms with Gasteiger partial charge in [-0.15, -0.1) is 0 Å². The normalized spacial score (nSPS) is 11.8. The molecular weight excluding hydrogens is 228 g/mol. The van der Waals surface area contributed by atoms with Gasteiger partial charge < -0.3 is 4.74 Å². The van der Waals surface area contributed by atoms with E-state index in [1.54, 1.807) is 12.2 Å². The maximum absolute atomic E-state index is 10.6. The molecule has 0 aromatic heterocycles. The predicted octanol–water partition coefficient (Wildman–Crippen LogP) is 1.60. The van der Waals surface area contributed by atoms with Crippen molar-refractivity contribution in [2.24, 2.45) is 0 Å². The van der Waals surface area contributed by atoms with Gasteiger partial charge in [-0.05, 0) is 18.2 Å². The van der Waals surface area contributed by atoms with Crippen molar-refractivity contribution >= 4 is 10.1 Å². The van der Waals surface area contributed by atoms with E-state index in [2.05, 4.69) is 4.18 Å². The van der Waals surface area contributed by atoms with Crippen molar-refractivity contribution in [1.29, 1.82) is 0 Å². The molecule has 4 nitrogen and oxygen atoms in total. The lowest BCUT2D eigenvalue weighted by Crippen LogP contribution is -2.02. The molecule has 0 aliphatic heterocycles. The smallest absolute Gasteiger partial charge is 0.264 e. The Bertz CT molecular complexity index is 423. The second-order valence-corrected chi connectivity index (χ2v) is 4.73. The van der Waals surface area contributed by atoms with Crippen LogP contribution in [0, 0.1) is 0 Å². The maximum Gasteiger partial charge on any atom is 0.264 e. The van der Waals surface area contributed by atoms with Crippen LogP contribution in [0.25, 0.3) is 0 Å². The van der Waals surface area contributed by atoms with Gasteiger partial charge in [-0.2, -0.15) is 8.42 Å². The second kappa shape index (κ2) is 6.30. The van der Waals surface area contributed by atoms with Crippen LogP contribution in [0.1, 0.15) is 0 Å². The summed E-state index contributed by atoms with van der Waals surface area (Å²) in [5, 5.41) is 0. The highest BCUT2D eigenvalue weighted by Gasteiger charge is 1.97. The number of hydrogen-bond acceptors (Lipinski definition) is 4. The molecule has 88 valence electrons. The zero-order chi connectivity index (χ0) is 11.9. The van der Waals surface area contributed by atoms with Gasteiger partial charge in [-0.3, -0.25) is 4.18 Å². The van der Waals surface area contributed by atoms with E-state index in [4.69, 9.17) is 4.74 Å². The number of rotatable bonds is 6. The fourth-order valence-corrected chi connectivity index (χ4v) is 1.29. The van der Waals surface area contributed by atoms with Crippen molar-refractivity contribution in [1.82, 2.24) is 0 Å². The fourth-order valence-electron chi connectivity index (χ4n) is 0.960. The van der Waals surface area contributed by atoms with Crippen molar-refractivity contribution in [2.75, 3.05) is 19.5 Å². The number of benzene rings is 1. The van der Waals surface area contributed by atoms with Gasteiger partial charge in [0.2, 0.25) is 0 Å². The van der Waals surface area contributed by atoms with Gasteiger partial charge in [-0.1, -0.05) is 24.3 Å². The highest BCUT2D eigenvalue weighted by atomic mass is 32.2. The lowest BCUT2D eigenvalue weighted by molar-refractivity contribution is 0.350. The minimum absolute atomic E-state index is 0.0387. The monoisotopic (exact) mass is 242 g/mol. The van der Waals surface area contributed by atoms with Crippen LogP contribution in [-0.4, -0.2) is 27.9 Å². The molecule has 0 saturated heterocycles. The Morgan fingerprint density at radius 2 is 1.75 bits per heavy atom. The molecule has 0 aliphatic carbocycles. The van der Waals surface area contributed by atoms with Crippen LogP contribution in [0.4, 0.5) is 0 Å². The van der Waals surface area contributed by atoms with E-state index in [0.717, 1.165) is 12.0 Å². The predicted molar refractivity (Wildman–Crippen MR) is 61.9 cm³/mol. The van der Waals surface area contributed by atoms with Crippen molar-refractivity contribution in [3.8, 4) is 5.75 Å². The standard InChI is InChI=1S/C11H14O4S/c1-16(12,13)15-10-6-5-9-14-11-7-3-2-4-8-11/h2-8H,9-10H2,1H3. The molecule has 5 heteroatoms. The summed E-state index contributed by atoms with van der Waals surface area (Å²) in [7, 11) is -3.36. The largest absolute Gasteiger partial charge is 0.490 e. The van der Waals surface area contributed by atoms with Crippen LogP contribution in [0.15, 0.2) is 42.5 Å². The summed E-state index contributed by atoms with van der Waals surface area (Å²) < 4.78 is 31.1. The quantitative estimate of drug-likeness (QED) is 0.561. The van der Waals surface area contributed by atoms with Crippen LogP contribution in [0.2, 0.25) is 0 Å². The average Bonchev–Trinajstić information content (AvgIpc) is 2.23. The molecule has 0 heterocycles. The van der Waals surface area contributed by atoms with E-state index < -0.39 is 10.1 Å². The van der Waals surface area contributed by atoms with E-state index in [0.29, 0.717) is 6.61 Å². The van der Waals surface area contributed by atoms with Crippen molar-refractivity contribution in [3.05, 3.63) is 42.5 Å². The van der Waals surface area contributed by atoms with Gasteiger partial charge in [0.15, 0.2) is 0 Å². The highest BCUT2D eigenvalue weighted by molar-refractivity contribution is 7.85. The van der Waals surface area contributed by atoms with Crippen LogP contribution >= 0.6 is 0 Å². The first-order valence-electron chi connectivity index (χ1n) is 4.75. The van der Waals surface area contributed by atoms with Crippen LogP contribution < -0.4 is 4.74 Å². The van der Waals surface area contributed by atoms with Gasteiger partial charge in [0.25, 0.3) is 10.1 Å². The molecule has 0 N–H and O–H groups in total. The van der Waals surface area contributed by atoms with E-state index in [1.165, 1.54) is 0 Å². The number of hydrogen-bond donors (Lipinski definition) is 0. The number of para-hydroxylation sites is 1. The molecule has 16 heavy (non-hydrogen) atoms. The Kier molecular flexibility index (Phi) is 5.01. The summed E-state index contributed by atoms with van der Waals surface area (Å²) in [6.45, 7) is 0.425. The molecule has 0 bridgehead atoms. The van der Waals surface area contributed by atoms with E-state index in [1.807, 2.05) is 30.3 Å². The second-order valence-electron chi connectivity index (χ2n) is 3.08. The summed E-state index contributed by atoms with van der Waals surface area (Å²) >= 11 is 0. The SMILES string of the molecule is CS(=O)(=O)OCC=CCOc1ccccc1. The first-order chi connectivity index (χ1) is 7.58. The molecular formula is C11H14O4S. The topological polar surface area (TPSA) is 52.6 Å². The van der Waals surface area contributed by atoms with Gasteiger partial charge in [-0.25, -0.2) is 0 Å². The molecule has 1 rings (SSSR count). The summed E-state index contributed by atoms with van der Waals surface area (Å²) in [6, 6.07) is 9.36. The Hall–Kier alpha value is -1.33. The highest BCUT2D eigenvalue weighted by Crippen LogP contribution is 2.07. The average molecular weight is 242 g/mol. The zero-order valence-corrected chi connectivity index (χ0v) is 9.81. The summed E-state index contributed by atoms with van der Waals surface area (Å²) in [6.07, 6.45) is 4.32. The molecule has 1 aromatic rings. The minimum atomic E-state index is -3.36. The lowest BCUT2D eigenvalue weighted by atomic mass is 10.3. The first-order valence-corrected chi connectivity index (χ1v) is 6.57. The Labute approximate surface area is 95.6 Å². The molecule has 1 aromatic carbocycles. The molecule has 0 atom stereocenters. The third kappa shape index (κ3) is 6.21. The third-order valence-corrected chi connectivity index (χ3v) is 2.20. The zero-order valence-electron chi connectivity index (χ0n) is 9.00. The molecule has 0 unspecified atom stereocenters. The van der Waals surface area contributed by atoms with Gasteiger partial charge in [0.05, 0.1) is 12.9 Å². The summed E-state index contributed by atoms with van der Waals surface area (Å²) in [4.78, 5) is 0. The van der Waals surface area contributed by atoms with Gasteiger partial charge >= 0.3 is 0 Å². The van der Waals surface area contributed by atoms with Crippen LogP contribution in [0.3, 0.4) is 0 Å². The molecule has 0 fully saturated rings. The summed E-state index contributed by atoms with van der Waals surface area (Å²) in [5.74, 6) is 0.774. The Balaban J connectivity index is 2.19. The van der Waals surface area contributed by atoms with E-state index in [-0.39, 0.29) is 6.61 Å². The minimum Gasteiger partial charge on any atom is -0.490 e. The Morgan fingerprint density at radius 3 is 2.38 bits per heavy atom. The maximum atomic E-state index is 10.6.